The Labute approximate surface area is 180 Å². The normalized spacial score (nSPS) is 21.9. The van der Waals surface area contributed by atoms with E-state index in [1.165, 1.54) is 6.42 Å². The first-order chi connectivity index (χ1) is 12.6. The Bertz CT molecular complexity index is 642. The summed E-state index contributed by atoms with van der Waals surface area (Å²) in [6.07, 6.45) is 3.46. The van der Waals surface area contributed by atoms with Crippen molar-refractivity contribution in [1.29, 1.82) is 0 Å². The lowest BCUT2D eigenvalue weighted by Crippen LogP contribution is -2.41. The molecule has 2 aliphatic rings. The Kier molecular flexibility index (Phi) is 10.1. The molecule has 2 heterocycles. The van der Waals surface area contributed by atoms with Gasteiger partial charge in [-0.15, -0.1) is 24.8 Å². The number of nitrogens with two attached hydrogens (primary N) is 1. The molecule has 158 valence electrons. The van der Waals surface area contributed by atoms with Crippen LogP contribution >= 0.6 is 24.8 Å². The van der Waals surface area contributed by atoms with Crippen LogP contribution in [0.15, 0.2) is 24.3 Å². The maximum atomic E-state index is 12.4. The van der Waals surface area contributed by atoms with Crippen molar-refractivity contribution < 1.29 is 9.59 Å². The van der Waals surface area contributed by atoms with Crippen molar-refractivity contribution in [3.63, 3.8) is 0 Å². The Balaban J connectivity index is 0.00000196. The van der Waals surface area contributed by atoms with E-state index in [1.54, 1.807) is 0 Å². The first kappa shape index (κ1) is 24.5. The number of likely N-dealkylation sites (tertiary alicyclic amines) is 2. The Morgan fingerprint density at radius 3 is 2.64 bits per heavy atom. The lowest BCUT2D eigenvalue weighted by Gasteiger charge is -2.27. The topological polar surface area (TPSA) is 78.7 Å². The number of carbonyl (C=O) groups is 2. The zero-order valence-electron chi connectivity index (χ0n) is 16.4. The van der Waals surface area contributed by atoms with Crippen molar-refractivity contribution in [2.45, 2.75) is 38.6 Å². The molecule has 2 saturated heterocycles. The van der Waals surface area contributed by atoms with Gasteiger partial charge in [0.15, 0.2) is 0 Å². The van der Waals surface area contributed by atoms with Crippen molar-refractivity contribution in [3.05, 3.63) is 29.8 Å². The van der Waals surface area contributed by atoms with Gasteiger partial charge in [-0.2, -0.15) is 0 Å². The summed E-state index contributed by atoms with van der Waals surface area (Å²) >= 11 is 0. The molecule has 2 atom stereocenters. The minimum absolute atomic E-state index is 0. The number of hydrogen-bond acceptors (Lipinski definition) is 4. The predicted octanol–water partition coefficient (Wildman–Crippen LogP) is 2.10. The molecule has 0 aromatic heterocycles. The maximum Gasteiger partial charge on any atom is 0.225 e. The van der Waals surface area contributed by atoms with Gasteiger partial charge in [-0.1, -0.05) is 19.1 Å². The van der Waals surface area contributed by atoms with Crippen molar-refractivity contribution >= 4 is 42.3 Å². The second-order valence-corrected chi connectivity index (χ2v) is 7.41. The summed E-state index contributed by atoms with van der Waals surface area (Å²) in [4.78, 5) is 29.1. The molecule has 0 radical (unpaired) electrons. The number of nitrogen functional groups attached to an aromatic ring is 1. The Morgan fingerprint density at radius 1 is 1.25 bits per heavy atom. The highest BCUT2D eigenvalue weighted by Gasteiger charge is 2.36. The average molecular weight is 431 g/mol. The molecule has 2 unspecified atom stereocenters. The molecule has 0 saturated carbocycles. The van der Waals surface area contributed by atoms with Gasteiger partial charge >= 0.3 is 0 Å². The van der Waals surface area contributed by atoms with Gasteiger partial charge in [-0.05, 0) is 50.0 Å². The number of rotatable bonds is 7. The molecular weight excluding hydrogens is 399 g/mol. The average Bonchev–Trinajstić information content (AvgIpc) is 3.23. The predicted molar refractivity (Wildman–Crippen MR) is 117 cm³/mol. The Morgan fingerprint density at radius 2 is 1.96 bits per heavy atom. The molecule has 0 bridgehead atoms. The summed E-state index contributed by atoms with van der Waals surface area (Å²) in [6, 6.07) is 8.14. The van der Waals surface area contributed by atoms with E-state index in [0.29, 0.717) is 25.6 Å². The third kappa shape index (κ3) is 6.26. The summed E-state index contributed by atoms with van der Waals surface area (Å²) in [6.45, 7) is 6.23. The lowest BCUT2D eigenvalue weighted by atomic mass is 10.1. The van der Waals surface area contributed by atoms with E-state index in [9.17, 15) is 9.59 Å². The fourth-order valence-corrected chi connectivity index (χ4v) is 4.06. The van der Waals surface area contributed by atoms with Crippen molar-refractivity contribution in [2.75, 3.05) is 38.5 Å². The van der Waals surface area contributed by atoms with Gasteiger partial charge < -0.3 is 16.0 Å². The van der Waals surface area contributed by atoms with Crippen molar-refractivity contribution in [1.82, 2.24) is 15.1 Å². The number of nitrogens with zero attached hydrogens (tertiary/aromatic N) is 2. The summed E-state index contributed by atoms with van der Waals surface area (Å²) < 4.78 is 0. The van der Waals surface area contributed by atoms with Crippen LogP contribution in [0.4, 0.5) is 5.69 Å². The van der Waals surface area contributed by atoms with E-state index in [0.717, 1.165) is 43.7 Å². The highest BCUT2D eigenvalue weighted by Crippen LogP contribution is 2.23. The van der Waals surface area contributed by atoms with Gasteiger partial charge in [0.25, 0.3) is 0 Å². The SMILES string of the molecule is CCN1CCCC1CN1CC(C(=O)NCCc2ccc(N)cc2)CC1=O.Cl.Cl. The lowest BCUT2D eigenvalue weighted by molar-refractivity contribution is -0.129. The monoisotopic (exact) mass is 430 g/mol. The Hall–Kier alpha value is -1.50. The molecule has 2 aliphatic heterocycles. The van der Waals surface area contributed by atoms with Crippen LogP contribution in [0.5, 0.6) is 0 Å². The largest absolute Gasteiger partial charge is 0.399 e. The summed E-state index contributed by atoms with van der Waals surface area (Å²) in [5, 5.41) is 2.98. The molecule has 6 nitrogen and oxygen atoms in total. The van der Waals surface area contributed by atoms with Gasteiger partial charge in [-0.3, -0.25) is 14.5 Å². The number of likely N-dealkylation sites (N-methyl/N-ethyl adjacent to an activating group) is 1. The third-order valence-corrected chi connectivity index (χ3v) is 5.61. The standard InChI is InChI=1S/C20H30N4O2.2ClH/c1-2-23-11-3-4-18(23)14-24-13-16(12-19(24)25)20(26)22-10-9-15-5-7-17(21)8-6-15;;/h5-8,16,18H,2-4,9-14,21H2,1H3,(H,22,26);2*1H. The summed E-state index contributed by atoms with van der Waals surface area (Å²) in [5.74, 6) is -0.105. The van der Waals surface area contributed by atoms with E-state index in [1.807, 2.05) is 29.2 Å². The molecule has 8 heteroatoms. The van der Waals surface area contributed by atoms with E-state index < -0.39 is 0 Å². The molecule has 1 aromatic rings. The number of halogens is 2. The minimum atomic E-state index is -0.217. The number of anilines is 1. The third-order valence-electron chi connectivity index (χ3n) is 5.61. The van der Waals surface area contributed by atoms with Gasteiger partial charge in [0.05, 0.1) is 5.92 Å². The van der Waals surface area contributed by atoms with E-state index in [-0.39, 0.29) is 42.5 Å². The fourth-order valence-electron chi connectivity index (χ4n) is 4.06. The highest BCUT2D eigenvalue weighted by atomic mass is 35.5. The number of nitrogens with one attached hydrogen (secondary N) is 1. The van der Waals surface area contributed by atoms with Crippen LogP contribution in [-0.4, -0.2) is 60.4 Å². The minimum Gasteiger partial charge on any atom is -0.399 e. The summed E-state index contributed by atoms with van der Waals surface area (Å²) in [7, 11) is 0. The van der Waals surface area contributed by atoms with Crippen LogP contribution in [0.3, 0.4) is 0 Å². The van der Waals surface area contributed by atoms with Crippen molar-refractivity contribution in [2.24, 2.45) is 5.92 Å². The molecule has 3 N–H and O–H groups in total. The molecule has 1 aromatic carbocycles. The molecule has 2 fully saturated rings. The van der Waals surface area contributed by atoms with Crippen LogP contribution in [0.1, 0.15) is 31.7 Å². The number of amides is 2. The summed E-state index contributed by atoms with van der Waals surface area (Å²) in [5.41, 5.74) is 7.56. The van der Waals surface area contributed by atoms with Crippen molar-refractivity contribution in [3.8, 4) is 0 Å². The van der Waals surface area contributed by atoms with Crippen LogP contribution in [0, 0.1) is 5.92 Å². The van der Waals surface area contributed by atoms with Gasteiger partial charge in [0, 0.05) is 37.8 Å². The van der Waals surface area contributed by atoms with E-state index >= 15 is 0 Å². The van der Waals surface area contributed by atoms with Gasteiger partial charge in [0.2, 0.25) is 11.8 Å². The quantitative estimate of drug-likeness (QED) is 0.649. The second-order valence-electron chi connectivity index (χ2n) is 7.41. The highest BCUT2D eigenvalue weighted by molar-refractivity contribution is 5.89. The van der Waals surface area contributed by atoms with Crippen LogP contribution in [0.2, 0.25) is 0 Å². The second kappa shape index (κ2) is 11.5. The number of benzene rings is 1. The molecular formula is C20H32Cl2N4O2. The number of carbonyl (C=O) groups excluding carboxylic acids is 2. The van der Waals surface area contributed by atoms with Crippen LogP contribution < -0.4 is 11.1 Å². The fraction of sp³-hybridized carbons (Fsp3) is 0.600. The first-order valence-electron chi connectivity index (χ1n) is 9.70. The number of hydrogen-bond donors (Lipinski definition) is 2. The maximum absolute atomic E-state index is 12.4. The van der Waals surface area contributed by atoms with Gasteiger partial charge in [-0.25, -0.2) is 0 Å². The van der Waals surface area contributed by atoms with Gasteiger partial charge in [0.1, 0.15) is 0 Å². The molecule has 3 rings (SSSR count). The molecule has 0 spiro atoms. The zero-order chi connectivity index (χ0) is 18.5. The molecule has 28 heavy (non-hydrogen) atoms. The smallest absolute Gasteiger partial charge is 0.225 e. The zero-order valence-corrected chi connectivity index (χ0v) is 18.1. The first-order valence-corrected chi connectivity index (χ1v) is 9.70. The van der Waals surface area contributed by atoms with E-state index in [4.69, 9.17) is 5.73 Å². The molecule has 2 amide bonds. The molecule has 0 aliphatic carbocycles. The van der Waals surface area contributed by atoms with E-state index in [2.05, 4.69) is 17.1 Å². The van der Waals surface area contributed by atoms with Crippen LogP contribution in [0.25, 0.3) is 0 Å². The van der Waals surface area contributed by atoms with Crippen LogP contribution in [-0.2, 0) is 16.0 Å².